The van der Waals surface area contributed by atoms with Gasteiger partial charge in [-0.25, -0.2) is 9.59 Å². The number of amides is 5. The molecule has 6 N–H and O–H groups in total. The van der Waals surface area contributed by atoms with E-state index in [4.69, 9.17) is 4.74 Å². The van der Waals surface area contributed by atoms with E-state index in [0.29, 0.717) is 24.8 Å². The third-order valence-electron chi connectivity index (χ3n) is 10.8. The van der Waals surface area contributed by atoms with Crippen molar-refractivity contribution < 1.29 is 53.3 Å². The number of hydrogen-bond acceptors (Lipinski definition) is 9. The fourth-order valence-corrected chi connectivity index (χ4v) is 7.69. The highest BCUT2D eigenvalue weighted by Crippen LogP contribution is 2.31. The van der Waals surface area contributed by atoms with Crippen LogP contribution in [0, 0.1) is 5.92 Å². The number of benzene rings is 3. The van der Waals surface area contributed by atoms with Gasteiger partial charge in [0, 0.05) is 13.0 Å². The van der Waals surface area contributed by atoms with Crippen LogP contribution in [0.15, 0.2) is 84.9 Å². The number of carboxylic acids is 2. The molecule has 5 rings (SSSR count). The Morgan fingerprint density at radius 1 is 0.783 bits per heavy atom. The van der Waals surface area contributed by atoms with Crippen molar-refractivity contribution in [1.82, 2.24) is 26.2 Å². The van der Waals surface area contributed by atoms with E-state index in [1.165, 1.54) is 41.3 Å². The van der Waals surface area contributed by atoms with Gasteiger partial charge in [-0.3, -0.25) is 28.8 Å². The van der Waals surface area contributed by atoms with Crippen LogP contribution in [0.5, 0.6) is 0 Å². The molecule has 3 unspecified atom stereocenters. The zero-order chi connectivity index (χ0) is 43.2. The van der Waals surface area contributed by atoms with Gasteiger partial charge >= 0.3 is 11.9 Å². The first kappa shape index (κ1) is 44.7. The van der Waals surface area contributed by atoms with Gasteiger partial charge in [0.2, 0.25) is 23.5 Å². The Morgan fingerprint density at radius 2 is 1.42 bits per heavy atom. The normalized spacial score (nSPS) is 18.0. The second kappa shape index (κ2) is 21.5. The van der Waals surface area contributed by atoms with Crippen LogP contribution in [0.4, 0.5) is 0 Å². The van der Waals surface area contributed by atoms with Gasteiger partial charge in [0.25, 0.3) is 11.8 Å². The van der Waals surface area contributed by atoms with E-state index in [-0.39, 0.29) is 43.0 Å². The fraction of sp³-hybridized carbons (Fsp3) is 0.409. The second-order valence-corrected chi connectivity index (χ2v) is 15.0. The summed E-state index contributed by atoms with van der Waals surface area (Å²) in [5.74, 6) is -8.08. The largest absolute Gasteiger partial charge is 0.479 e. The van der Waals surface area contributed by atoms with Crippen LogP contribution in [-0.4, -0.2) is 99.7 Å². The molecule has 1 saturated carbocycles. The van der Waals surface area contributed by atoms with Crippen molar-refractivity contribution in [3.63, 3.8) is 0 Å². The second-order valence-electron chi connectivity index (χ2n) is 15.0. The summed E-state index contributed by atoms with van der Waals surface area (Å²) in [6.45, 7) is 1.17. The van der Waals surface area contributed by atoms with Crippen LogP contribution in [0.3, 0.4) is 0 Å². The highest BCUT2D eigenvalue weighted by Gasteiger charge is 2.45. The number of nitrogens with one attached hydrogen (secondary N) is 4. The zero-order valence-electron chi connectivity index (χ0n) is 33.3. The molecule has 16 heteroatoms. The number of aromatic carboxylic acids is 1. The summed E-state index contributed by atoms with van der Waals surface area (Å²) in [7, 11) is 0. The van der Waals surface area contributed by atoms with Gasteiger partial charge < -0.3 is 41.1 Å². The van der Waals surface area contributed by atoms with Gasteiger partial charge in [0.15, 0.2) is 6.04 Å². The van der Waals surface area contributed by atoms with Crippen molar-refractivity contribution in [2.24, 2.45) is 5.92 Å². The lowest BCUT2D eigenvalue weighted by atomic mass is 9.83. The number of ether oxygens (including phenoxy) is 1. The first-order chi connectivity index (χ1) is 28.9. The molecule has 2 aliphatic rings. The molecule has 1 aliphatic heterocycles. The molecule has 3 aromatic carbocycles. The Bertz CT molecular complexity index is 2020. The number of Topliss-reactive ketones (excluding diaryl/α,β-unsaturated/α-hetero) is 1. The molecular formula is C44H51N5O11. The van der Waals surface area contributed by atoms with Crippen LogP contribution >= 0.6 is 0 Å². The molecule has 5 atom stereocenters. The molecule has 318 valence electrons. The summed E-state index contributed by atoms with van der Waals surface area (Å²) in [5.41, 5.74) is 0.813. The highest BCUT2D eigenvalue weighted by molar-refractivity contribution is 6.38. The maximum atomic E-state index is 14.7. The molecule has 2 fully saturated rings. The van der Waals surface area contributed by atoms with E-state index in [9.17, 15) is 48.6 Å². The van der Waals surface area contributed by atoms with E-state index >= 15 is 0 Å². The molecule has 60 heavy (non-hydrogen) atoms. The third kappa shape index (κ3) is 11.8. The molecule has 0 radical (unpaired) electrons. The molecular weight excluding hydrogens is 775 g/mol. The van der Waals surface area contributed by atoms with E-state index in [0.717, 1.165) is 24.8 Å². The van der Waals surface area contributed by atoms with E-state index in [2.05, 4.69) is 21.3 Å². The molecule has 1 aliphatic carbocycles. The Balaban J connectivity index is 1.33. The number of carboxylic acid groups (broad SMARTS) is 2. The maximum Gasteiger partial charge on any atom is 0.336 e. The monoisotopic (exact) mass is 825 g/mol. The summed E-state index contributed by atoms with van der Waals surface area (Å²) in [6, 6.07) is 17.9. The standard InChI is InChI=1S/C44H51N5O11/c1-2-14-33(38(51)41(54)45-24-35(50)47-37(44(58)59)29-19-10-5-11-20-29)46-40(53)34-23-30(60-26-27-15-6-3-7-16-27)25-49(34)42(55)36(28-17-8-4-9-18-28)48-39(52)31-21-12-13-22-32(31)43(56)57/h3,5-7,10-13,15-16,19-22,28,30,33-34,36-37H,2,4,8-9,14,17-18,23-26H2,1H3,(H,45,54)(H,46,53)(H,47,50)(H,48,52)(H,56,57)(H,58,59)/t30-,33?,34+,36?,37?/m1/s1. The van der Waals surface area contributed by atoms with Crippen molar-refractivity contribution in [3.05, 3.63) is 107 Å². The molecule has 5 amide bonds. The van der Waals surface area contributed by atoms with Crippen LogP contribution in [-0.2, 0) is 40.1 Å². The zero-order valence-corrected chi connectivity index (χ0v) is 33.3. The lowest BCUT2D eigenvalue weighted by Crippen LogP contribution is -2.58. The number of carbonyl (C=O) groups excluding carboxylic acids is 6. The first-order valence-electron chi connectivity index (χ1n) is 20.2. The summed E-state index contributed by atoms with van der Waals surface area (Å²) >= 11 is 0. The summed E-state index contributed by atoms with van der Waals surface area (Å²) in [4.78, 5) is 107. The van der Waals surface area contributed by atoms with Crippen molar-refractivity contribution in [3.8, 4) is 0 Å². The summed E-state index contributed by atoms with van der Waals surface area (Å²) in [5, 5.41) is 29.4. The van der Waals surface area contributed by atoms with Crippen LogP contribution < -0.4 is 21.3 Å². The molecule has 1 heterocycles. The summed E-state index contributed by atoms with van der Waals surface area (Å²) < 4.78 is 6.20. The Hall–Kier alpha value is -6.42. The Labute approximate surface area is 347 Å². The van der Waals surface area contributed by atoms with Crippen LogP contribution in [0.2, 0.25) is 0 Å². The molecule has 3 aromatic rings. The molecule has 1 saturated heterocycles. The average Bonchev–Trinajstić information content (AvgIpc) is 3.70. The van der Waals surface area contributed by atoms with Crippen molar-refractivity contribution in [2.75, 3.05) is 13.1 Å². The first-order valence-corrected chi connectivity index (χ1v) is 20.2. The number of hydrogen-bond donors (Lipinski definition) is 6. The third-order valence-corrected chi connectivity index (χ3v) is 10.8. The quantitative estimate of drug-likeness (QED) is 0.0961. The molecule has 0 bridgehead atoms. The fourth-order valence-electron chi connectivity index (χ4n) is 7.69. The minimum Gasteiger partial charge on any atom is -0.479 e. The average molecular weight is 826 g/mol. The SMILES string of the molecule is CCCC(NC(=O)[C@@H]1C[C@@H](OCc2ccccc2)CN1C(=O)C(NC(=O)c1ccccc1C(=O)O)C1CCCCC1)C(=O)C(=O)NCC(=O)NC(C(=O)O)c1ccccc1. The lowest BCUT2D eigenvalue weighted by Gasteiger charge is -2.35. The van der Waals surface area contributed by atoms with E-state index < -0.39 is 84.1 Å². The Morgan fingerprint density at radius 3 is 2.05 bits per heavy atom. The molecule has 0 aromatic heterocycles. The maximum absolute atomic E-state index is 14.7. The van der Waals surface area contributed by atoms with Crippen molar-refractivity contribution >= 4 is 47.3 Å². The van der Waals surface area contributed by atoms with Crippen LogP contribution in [0.1, 0.15) is 96.2 Å². The minimum absolute atomic E-state index is 0.0309. The van der Waals surface area contributed by atoms with Gasteiger partial charge in [0.1, 0.15) is 12.1 Å². The highest BCUT2D eigenvalue weighted by atomic mass is 16.5. The number of likely N-dealkylation sites (tertiary alicyclic amines) is 1. The lowest BCUT2D eigenvalue weighted by molar-refractivity contribution is -0.144. The molecule has 16 nitrogen and oxygen atoms in total. The van der Waals surface area contributed by atoms with Gasteiger partial charge in [0.05, 0.1) is 36.4 Å². The molecule has 0 spiro atoms. The number of nitrogens with zero attached hydrogens (tertiary/aromatic N) is 1. The predicted molar refractivity (Wildman–Crippen MR) is 216 cm³/mol. The summed E-state index contributed by atoms with van der Waals surface area (Å²) in [6.07, 6.45) is 3.58. The van der Waals surface area contributed by atoms with Crippen LogP contribution in [0.25, 0.3) is 0 Å². The van der Waals surface area contributed by atoms with Gasteiger partial charge in [-0.05, 0) is 48.4 Å². The number of aliphatic carboxylic acids is 1. The Kier molecular flexibility index (Phi) is 16.0. The van der Waals surface area contributed by atoms with E-state index in [1.54, 1.807) is 25.1 Å². The number of rotatable bonds is 19. The van der Waals surface area contributed by atoms with Gasteiger partial charge in [-0.15, -0.1) is 0 Å². The van der Waals surface area contributed by atoms with Crippen molar-refractivity contribution in [2.45, 2.75) is 95.2 Å². The van der Waals surface area contributed by atoms with Crippen molar-refractivity contribution in [1.29, 1.82) is 0 Å². The van der Waals surface area contributed by atoms with Gasteiger partial charge in [-0.1, -0.05) is 105 Å². The minimum atomic E-state index is -1.40. The smallest absolute Gasteiger partial charge is 0.336 e. The topological polar surface area (TPSA) is 238 Å². The number of ketones is 1. The van der Waals surface area contributed by atoms with E-state index in [1.807, 2.05) is 30.3 Å². The number of carbonyl (C=O) groups is 8. The van der Waals surface area contributed by atoms with Gasteiger partial charge in [-0.2, -0.15) is 0 Å². The predicted octanol–water partition coefficient (Wildman–Crippen LogP) is 3.16.